The molecule has 1 saturated carbocycles. The topological polar surface area (TPSA) is 46.5 Å². The summed E-state index contributed by atoms with van der Waals surface area (Å²) in [5, 5.41) is 9.13. The predicted octanol–water partition coefficient (Wildman–Crippen LogP) is 2.59. The molecule has 1 fully saturated rings. The third-order valence-corrected chi connectivity index (χ3v) is 3.95. The maximum absolute atomic E-state index is 11.1. The lowest BCUT2D eigenvalue weighted by Crippen LogP contribution is -2.31. The minimum atomic E-state index is -0.672. The standard InChI is InChI=1S/C14H16O3/c15-14(16)12-7-6-10(12)11-5-1-3-9-4-2-8-17-13(9)11/h1,3,5,10,12H,2,4,6-8H2,(H,15,16). The monoisotopic (exact) mass is 232 g/mol. The molecule has 0 saturated heterocycles. The van der Waals surface area contributed by atoms with Gasteiger partial charge in [-0.05, 0) is 36.8 Å². The van der Waals surface area contributed by atoms with E-state index < -0.39 is 5.97 Å². The molecule has 1 N–H and O–H groups in total. The lowest BCUT2D eigenvalue weighted by Gasteiger charge is -2.35. The molecule has 3 rings (SSSR count). The first-order valence-corrected chi connectivity index (χ1v) is 6.25. The molecule has 3 heteroatoms. The van der Waals surface area contributed by atoms with E-state index in [0.29, 0.717) is 0 Å². The molecule has 0 radical (unpaired) electrons. The normalized spacial score (nSPS) is 26.6. The van der Waals surface area contributed by atoms with Crippen LogP contribution in [0.1, 0.15) is 36.3 Å². The minimum absolute atomic E-state index is 0.153. The molecule has 0 aromatic heterocycles. The quantitative estimate of drug-likeness (QED) is 0.852. The molecule has 2 aliphatic rings. The van der Waals surface area contributed by atoms with Gasteiger partial charge in [-0.2, -0.15) is 0 Å². The van der Waals surface area contributed by atoms with Gasteiger partial charge in [0.25, 0.3) is 0 Å². The zero-order valence-electron chi connectivity index (χ0n) is 9.69. The Morgan fingerprint density at radius 1 is 1.35 bits per heavy atom. The van der Waals surface area contributed by atoms with Crippen molar-refractivity contribution in [3.05, 3.63) is 29.3 Å². The highest BCUT2D eigenvalue weighted by molar-refractivity contribution is 5.73. The number of ether oxygens (including phenoxy) is 1. The van der Waals surface area contributed by atoms with Crippen LogP contribution < -0.4 is 4.74 Å². The Bertz CT molecular complexity index is 453. The molecule has 2 atom stereocenters. The van der Waals surface area contributed by atoms with Crippen molar-refractivity contribution in [2.24, 2.45) is 5.92 Å². The van der Waals surface area contributed by atoms with E-state index in [9.17, 15) is 4.79 Å². The smallest absolute Gasteiger partial charge is 0.307 e. The molecule has 0 bridgehead atoms. The summed E-state index contributed by atoms with van der Waals surface area (Å²) in [6.07, 6.45) is 3.87. The highest BCUT2D eigenvalue weighted by Crippen LogP contribution is 2.47. The fraction of sp³-hybridized carbons (Fsp3) is 0.500. The van der Waals surface area contributed by atoms with Crippen LogP contribution in [0.25, 0.3) is 0 Å². The van der Waals surface area contributed by atoms with Crippen LogP contribution >= 0.6 is 0 Å². The first-order chi connectivity index (χ1) is 8.27. The molecule has 1 aliphatic heterocycles. The number of fused-ring (bicyclic) bond motifs is 1. The van der Waals surface area contributed by atoms with E-state index in [1.54, 1.807) is 0 Å². The van der Waals surface area contributed by atoms with E-state index in [1.165, 1.54) is 5.56 Å². The Morgan fingerprint density at radius 3 is 2.94 bits per heavy atom. The summed E-state index contributed by atoms with van der Waals surface area (Å²) in [4.78, 5) is 11.1. The molecule has 0 amide bonds. The van der Waals surface area contributed by atoms with Crippen molar-refractivity contribution < 1.29 is 14.6 Å². The molecule has 90 valence electrons. The average Bonchev–Trinajstić information content (AvgIpc) is 2.27. The van der Waals surface area contributed by atoms with Crippen molar-refractivity contribution in [2.45, 2.75) is 31.6 Å². The molecular weight excluding hydrogens is 216 g/mol. The van der Waals surface area contributed by atoms with E-state index in [4.69, 9.17) is 9.84 Å². The lowest BCUT2D eigenvalue weighted by molar-refractivity contribution is -0.145. The molecular formula is C14H16O3. The van der Waals surface area contributed by atoms with Crippen molar-refractivity contribution in [1.29, 1.82) is 0 Å². The first-order valence-electron chi connectivity index (χ1n) is 6.25. The zero-order chi connectivity index (χ0) is 11.8. The average molecular weight is 232 g/mol. The third kappa shape index (κ3) is 1.70. The van der Waals surface area contributed by atoms with E-state index in [1.807, 2.05) is 12.1 Å². The van der Waals surface area contributed by atoms with Crippen LogP contribution in [0.5, 0.6) is 5.75 Å². The van der Waals surface area contributed by atoms with E-state index in [-0.39, 0.29) is 11.8 Å². The summed E-state index contributed by atoms with van der Waals surface area (Å²) in [6.45, 7) is 0.758. The van der Waals surface area contributed by atoms with Crippen LogP contribution in [0.15, 0.2) is 18.2 Å². The van der Waals surface area contributed by atoms with Crippen LogP contribution in [-0.4, -0.2) is 17.7 Å². The van der Waals surface area contributed by atoms with Crippen LogP contribution in [0.2, 0.25) is 0 Å². The number of carboxylic acids is 1. The van der Waals surface area contributed by atoms with Gasteiger partial charge in [0.15, 0.2) is 0 Å². The molecule has 1 aromatic rings. The third-order valence-electron chi connectivity index (χ3n) is 3.95. The molecule has 1 aliphatic carbocycles. The van der Waals surface area contributed by atoms with Gasteiger partial charge in [-0.25, -0.2) is 0 Å². The molecule has 1 heterocycles. The van der Waals surface area contributed by atoms with Crippen LogP contribution in [0.4, 0.5) is 0 Å². The highest BCUT2D eigenvalue weighted by Gasteiger charge is 2.39. The molecule has 17 heavy (non-hydrogen) atoms. The summed E-state index contributed by atoms with van der Waals surface area (Å²) in [6, 6.07) is 6.15. The van der Waals surface area contributed by atoms with E-state index >= 15 is 0 Å². The number of benzene rings is 1. The Balaban J connectivity index is 1.95. The Morgan fingerprint density at radius 2 is 2.24 bits per heavy atom. The number of hydrogen-bond acceptors (Lipinski definition) is 2. The van der Waals surface area contributed by atoms with Gasteiger partial charge >= 0.3 is 5.97 Å². The number of carboxylic acid groups (broad SMARTS) is 1. The van der Waals surface area contributed by atoms with Crippen molar-refractivity contribution >= 4 is 5.97 Å². The second kappa shape index (κ2) is 4.06. The number of aliphatic carboxylic acids is 1. The van der Waals surface area contributed by atoms with Gasteiger partial charge in [0.05, 0.1) is 12.5 Å². The zero-order valence-corrected chi connectivity index (χ0v) is 9.69. The van der Waals surface area contributed by atoms with Crippen LogP contribution in [0.3, 0.4) is 0 Å². The van der Waals surface area contributed by atoms with Crippen LogP contribution in [0, 0.1) is 5.92 Å². The number of aryl methyl sites for hydroxylation is 1. The van der Waals surface area contributed by atoms with Gasteiger partial charge in [0.1, 0.15) is 5.75 Å². The Labute approximate surface area is 100 Å². The summed E-state index contributed by atoms with van der Waals surface area (Å²) in [7, 11) is 0. The van der Waals surface area contributed by atoms with Crippen molar-refractivity contribution in [1.82, 2.24) is 0 Å². The van der Waals surface area contributed by atoms with Gasteiger partial charge in [-0.3, -0.25) is 4.79 Å². The summed E-state index contributed by atoms with van der Waals surface area (Å²) in [5.41, 5.74) is 2.35. The second-order valence-corrected chi connectivity index (χ2v) is 4.92. The van der Waals surface area contributed by atoms with Crippen molar-refractivity contribution in [2.75, 3.05) is 6.61 Å². The summed E-state index contributed by atoms with van der Waals surface area (Å²) < 4.78 is 5.75. The first kappa shape index (κ1) is 10.6. The van der Waals surface area contributed by atoms with E-state index in [2.05, 4.69) is 6.07 Å². The fourth-order valence-electron chi connectivity index (χ4n) is 2.87. The number of hydrogen-bond donors (Lipinski definition) is 1. The van der Waals surface area contributed by atoms with Crippen LogP contribution in [-0.2, 0) is 11.2 Å². The SMILES string of the molecule is O=C(O)C1CCC1c1cccc2c1OCCC2. The van der Waals surface area contributed by atoms with Crippen molar-refractivity contribution in [3.63, 3.8) is 0 Å². The minimum Gasteiger partial charge on any atom is -0.493 e. The van der Waals surface area contributed by atoms with Gasteiger partial charge < -0.3 is 9.84 Å². The fourth-order valence-corrected chi connectivity index (χ4v) is 2.87. The van der Waals surface area contributed by atoms with Crippen molar-refractivity contribution in [3.8, 4) is 5.75 Å². The lowest BCUT2D eigenvalue weighted by atomic mass is 9.69. The second-order valence-electron chi connectivity index (χ2n) is 4.92. The Kier molecular flexibility index (Phi) is 2.54. The predicted molar refractivity (Wildman–Crippen MR) is 63.4 cm³/mol. The Hall–Kier alpha value is -1.51. The molecule has 1 aromatic carbocycles. The number of carbonyl (C=O) groups is 1. The number of para-hydroxylation sites is 1. The summed E-state index contributed by atoms with van der Waals surface area (Å²) >= 11 is 0. The van der Waals surface area contributed by atoms with Gasteiger partial charge in [0, 0.05) is 5.92 Å². The molecule has 2 unspecified atom stereocenters. The van der Waals surface area contributed by atoms with Gasteiger partial charge in [0.2, 0.25) is 0 Å². The van der Waals surface area contributed by atoms with E-state index in [0.717, 1.165) is 43.6 Å². The molecule has 3 nitrogen and oxygen atoms in total. The maximum Gasteiger partial charge on any atom is 0.307 e. The van der Waals surface area contributed by atoms with Gasteiger partial charge in [-0.15, -0.1) is 0 Å². The highest BCUT2D eigenvalue weighted by atomic mass is 16.5. The largest absolute Gasteiger partial charge is 0.493 e. The maximum atomic E-state index is 11.1. The summed E-state index contributed by atoms with van der Waals surface area (Å²) in [5.74, 6) is 0.233. The number of rotatable bonds is 2. The molecule has 0 spiro atoms. The van der Waals surface area contributed by atoms with Gasteiger partial charge in [-0.1, -0.05) is 18.2 Å².